The molecule has 1 atom stereocenters. The third kappa shape index (κ3) is 5.70. The second kappa shape index (κ2) is 9.18. The highest BCUT2D eigenvalue weighted by Crippen LogP contribution is 2.17. The number of furan rings is 1. The summed E-state index contributed by atoms with van der Waals surface area (Å²) in [6, 6.07) is 9.71. The molecule has 0 bridgehead atoms. The molecule has 2 rings (SSSR count). The Morgan fingerprint density at radius 1 is 1.30 bits per heavy atom. The van der Waals surface area contributed by atoms with Crippen LogP contribution in [0, 0.1) is 10.1 Å². The largest absolute Gasteiger partial charge is 0.496 e. The van der Waals surface area contributed by atoms with E-state index in [1.54, 1.807) is 12.1 Å². The summed E-state index contributed by atoms with van der Waals surface area (Å²) >= 11 is 0. The van der Waals surface area contributed by atoms with Gasteiger partial charge in [0.2, 0.25) is 0 Å². The van der Waals surface area contributed by atoms with E-state index in [1.807, 2.05) is 12.1 Å². The Labute approximate surface area is 154 Å². The first kappa shape index (κ1) is 19.7. The Morgan fingerprint density at radius 3 is 2.70 bits per heavy atom. The fraction of sp³-hybridized carbons (Fsp3) is 0.222. The number of para-hydroxylation sites is 1. The summed E-state index contributed by atoms with van der Waals surface area (Å²) in [4.78, 5) is 33.6. The lowest BCUT2D eigenvalue weighted by atomic mass is 10.2. The molecule has 1 N–H and O–H groups in total. The van der Waals surface area contributed by atoms with Gasteiger partial charge in [-0.3, -0.25) is 14.9 Å². The van der Waals surface area contributed by atoms with E-state index in [9.17, 15) is 19.7 Å². The third-order valence-electron chi connectivity index (χ3n) is 3.48. The number of hydrogen-bond acceptors (Lipinski definition) is 7. The highest BCUT2D eigenvalue weighted by atomic mass is 16.6. The number of carbonyl (C=O) groups is 2. The molecule has 2 aromatic rings. The van der Waals surface area contributed by atoms with Crippen LogP contribution in [0.2, 0.25) is 0 Å². The molecule has 0 radical (unpaired) electrons. The standard InChI is InChI=1S/C18H18N2O7/c1-12(18(22)19-11-13-5-3-4-6-15(13)25-2)26-17(21)10-8-14-7-9-16(27-14)20(23)24/h3-10,12H,11H2,1-2H3,(H,19,22)/b10-8+/t12-/m0/s1. The number of nitrogens with zero attached hydrogens (tertiary/aromatic N) is 1. The van der Waals surface area contributed by atoms with Gasteiger partial charge in [0.15, 0.2) is 6.10 Å². The molecule has 0 fully saturated rings. The van der Waals surface area contributed by atoms with E-state index >= 15 is 0 Å². The van der Waals surface area contributed by atoms with Gasteiger partial charge in [0.25, 0.3) is 5.91 Å². The van der Waals surface area contributed by atoms with Crippen LogP contribution in [0.4, 0.5) is 5.88 Å². The van der Waals surface area contributed by atoms with Crippen molar-refractivity contribution < 1.29 is 28.4 Å². The maximum absolute atomic E-state index is 12.1. The number of hydrogen-bond donors (Lipinski definition) is 1. The molecular formula is C18H18N2O7. The predicted octanol–water partition coefficient (Wildman–Crippen LogP) is 2.46. The SMILES string of the molecule is COc1ccccc1CNC(=O)[C@H](C)OC(=O)/C=C/c1ccc([N+](=O)[O-])o1. The zero-order valence-corrected chi connectivity index (χ0v) is 14.7. The van der Waals surface area contributed by atoms with Crippen molar-refractivity contribution in [1.82, 2.24) is 5.32 Å². The molecule has 0 saturated heterocycles. The van der Waals surface area contributed by atoms with Gasteiger partial charge in [-0.2, -0.15) is 0 Å². The minimum atomic E-state index is -1.03. The summed E-state index contributed by atoms with van der Waals surface area (Å²) in [5, 5.41) is 13.2. The molecule has 0 aliphatic heterocycles. The molecule has 142 valence electrons. The van der Waals surface area contributed by atoms with Crippen LogP contribution in [0.15, 0.2) is 46.9 Å². The molecule has 0 spiro atoms. The number of amides is 1. The van der Waals surface area contributed by atoms with Crippen LogP contribution in [0.5, 0.6) is 5.75 Å². The highest BCUT2D eigenvalue weighted by Gasteiger charge is 2.17. The topological polar surface area (TPSA) is 121 Å². The molecular weight excluding hydrogens is 356 g/mol. The first-order valence-corrected chi connectivity index (χ1v) is 7.93. The Morgan fingerprint density at radius 2 is 2.04 bits per heavy atom. The predicted molar refractivity (Wildman–Crippen MR) is 94.8 cm³/mol. The fourth-order valence-electron chi connectivity index (χ4n) is 2.12. The van der Waals surface area contributed by atoms with Crippen molar-refractivity contribution in [3.05, 3.63) is 63.9 Å². The average Bonchev–Trinajstić information content (AvgIpc) is 3.14. The Hall–Kier alpha value is -3.62. The number of esters is 1. The van der Waals surface area contributed by atoms with Crippen molar-refractivity contribution in [2.24, 2.45) is 0 Å². The molecule has 27 heavy (non-hydrogen) atoms. The Balaban J connectivity index is 1.84. The van der Waals surface area contributed by atoms with Crippen molar-refractivity contribution in [2.75, 3.05) is 7.11 Å². The number of ether oxygens (including phenoxy) is 2. The van der Waals surface area contributed by atoms with Crippen molar-refractivity contribution in [3.8, 4) is 5.75 Å². The second-order valence-electron chi connectivity index (χ2n) is 5.38. The number of rotatable bonds is 8. The Kier molecular flexibility index (Phi) is 6.70. The monoisotopic (exact) mass is 374 g/mol. The van der Waals surface area contributed by atoms with Crippen LogP contribution < -0.4 is 10.1 Å². The van der Waals surface area contributed by atoms with Gasteiger partial charge in [-0.15, -0.1) is 0 Å². The van der Waals surface area contributed by atoms with Gasteiger partial charge in [0.1, 0.15) is 16.4 Å². The van der Waals surface area contributed by atoms with Gasteiger partial charge in [0, 0.05) is 18.2 Å². The molecule has 0 saturated carbocycles. The zero-order valence-electron chi connectivity index (χ0n) is 14.7. The lowest BCUT2D eigenvalue weighted by Gasteiger charge is -2.13. The summed E-state index contributed by atoms with van der Waals surface area (Å²) < 4.78 is 15.1. The molecule has 9 nitrogen and oxygen atoms in total. The normalized spacial score (nSPS) is 11.8. The lowest BCUT2D eigenvalue weighted by Crippen LogP contribution is -2.35. The molecule has 1 aromatic heterocycles. The smallest absolute Gasteiger partial charge is 0.433 e. The number of nitrogens with one attached hydrogen (secondary N) is 1. The molecule has 0 unspecified atom stereocenters. The number of benzene rings is 1. The Bertz CT molecular complexity index is 857. The van der Waals surface area contributed by atoms with Crippen molar-refractivity contribution in [3.63, 3.8) is 0 Å². The van der Waals surface area contributed by atoms with Crippen LogP contribution in [0.25, 0.3) is 6.08 Å². The van der Waals surface area contributed by atoms with Gasteiger partial charge >= 0.3 is 11.9 Å². The van der Waals surface area contributed by atoms with Gasteiger partial charge in [0.05, 0.1) is 13.2 Å². The number of carbonyl (C=O) groups excluding carboxylic acids is 2. The first-order chi connectivity index (χ1) is 12.9. The molecule has 0 aliphatic rings. The average molecular weight is 374 g/mol. The number of methoxy groups -OCH3 is 1. The van der Waals surface area contributed by atoms with Crippen molar-refractivity contribution in [1.29, 1.82) is 0 Å². The minimum absolute atomic E-state index is 0.118. The molecule has 9 heteroatoms. The van der Waals surface area contributed by atoms with E-state index in [1.165, 1.54) is 32.2 Å². The van der Waals surface area contributed by atoms with Crippen molar-refractivity contribution in [2.45, 2.75) is 19.6 Å². The van der Waals surface area contributed by atoms with Crippen LogP contribution in [-0.2, 0) is 20.9 Å². The van der Waals surface area contributed by atoms with Gasteiger partial charge in [-0.25, -0.2) is 4.79 Å². The molecule has 0 aliphatic carbocycles. The van der Waals surface area contributed by atoms with Gasteiger partial charge in [-0.1, -0.05) is 18.2 Å². The maximum Gasteiger partial charge on any atom is 0.433 e. The quantitative estimate of drug-likeness (QED) is 0.326. The summed E-state index contributed by atoms with van der Waals surface area (Å²) in [5.74, 6) is -0.942. The van der Waals surface area contributed by atoms with Crippen LogP contribution in [0.1, 0.15) is 18.2 Å². The minimum Gasteiger partial charge on any atom is -0.496 e. The molecule has 1 amide bonds. The summed E-state index contributed by atoms with van der Waals surface area (Å²) in [6.45, 7) is 1.65. The van der Waals surface area contributed by atoms with Crippen LogP contribution in [-0.4, -0.2) is 30.0 Å². The van der Waals surface area contributed by atoms with E-state index in [-0.39, 0.29) is 12.3 Å². The summed E-state index contributed by atoms with van der Waals surface area (Å²) in [5.41, 5.74) is 0.784. The highest BCUT2D eigenvalue weighted by molar-refractivity contribution is 5.90. The second-order valence-corrected chi connectivity index (χ2v) is 5.38. The lowest BCUT2D eigenvalue weighted by molar-refractivity contribution is -0.402. The van der Waals surface area contributed by atoms with Gasteiger partial charge in [-0.05, 0) is 25.1 Å². The van der Waals surface area contributed by atoms with E-state index < -0.39 is 28.8 Å². The summed E-state index contributed by atoms with van der Waals surface area (Å²) in [6.07, 6.45) is 1.21. The zero-order chi connectivity index (χ0) is 19.8. The van der Waals surface area contributed by atoms with Gasteiger partial charge < -0.3 is 19.2 Å². The van der Waals surface area contributed by atoms with Crippen LogP contribution in [0.3, 0.4) is 0 Å². The molecule has 1 aromatic carbocycles. The van der Waals surface area contributed by atoms with E-state index in [2.05, 4.69) is 5.32 Å². The number of nitro groups is 1. The summed E-state index contributed by atoms with van der Waals surface area (Å²) in [7, 11) is 1.53. The van der Waals surface area contributed by atoms with E-state index in [4.69, 9.17) is 13.9 Å². The fourth-order valence-corrected chi connectivity index (χ4v) is 2.12. The van der Waals surface area contributed by atoms with E-state index in [0.717, 1.165) is 11.6 Å². The first-order valence-electron chi connectivity index (χ1n) is 7.93. The van der Waals surface area contributed by atoms with E-state index in [0.29, 0.717) is 5.75 Å². The van der Waals surface area contributed by atoms with Crippen molar-refractivity contribution >= 4 is 23.8 Å². The third-order valence-corrected chi connectivity index (χ3v) is 3.48. The maximum atomic E-state index is 12.1. The van der Waals surface area contributed by atoms with Crippen LogP contribution >= 0.6 is 0 Å². The molecule has 1 heterocycles.